The Morgan fingerprint density at radius 1 is 0.818 bits per heavy atom. The van der Waals surface area contributed by atoms with Crippen molar-refractivity contribution in [2.24, 2.45) is 0 Å². The van der Waals surface area contributed by atoms with E-state index in [9.17, 15) is 9.90 Å². The molecule has 0 fully saturated rings. The molecule has 0 aliphatic heterocycles. The van der Waals surface area contributed by atoms with Crippen LogP contribution in [0.2, 0.25) is 10.0 Å². The zero-order valence-corrected chi connectivity index (χ0v) is 18.5. The summed E-state index contributed by atoms with van der Waals surface area (Å²) in [6.45, 7) is 0. The average molecular weight is 476 g/mol. The predicted molar refractivity (Wildman–Crippen MR) is 127 cm³/mol. The number of ether oxygens (including phenoxy) is 1. The Kier molecular flexibility index (Phi) is 5.46. The van der Waals surface area contributed by atoms with E-state index >= 15 is 0 Å². The van der Waals surface area contributed by atoms with Crippen LogP contribution in [0.25, 0.3) is 28.2 Å². The van der Waals surface area contributed by atoms with E-state index < -0.39 is 5.97 Å². The molecule has 2 aromatic heterocycles. The van der Waals surface area contributed by atoms with E-state index in [0.29, 0.717) is 32.8 Å². The van der Waals surface area contributed by atoms with Crippen molar-refractivity contribution in [2.75, 3.05) is 0 Å². The summed E-state index contributed by atoms with van der Waals surface area (Å²) in [5.41, 5.74) is 3.12. The minimum Gasteiger partial charge on any atom is -0.476 e. The second-order valence-corrected chi connectivity index (χ2v) is 8.01. The van der Waals surface area contributed by atoms with Gasteiger partial charge in [0.1, 0.15) is 11.5 Å². The highest BCUT2D eigenvalue weighted by Gasteiger charge is 2.16. The number of rotatable bonds is 5. The summed E-state index contributed by atoms with van der Waals surface area (Å²) in [4.78, 5) is 16.1. The van der Waals surface area contributed by atoms with Crippen molar-refractivity contribution in [3.63, 3.8) is 0 Å². The van der Waals surface area contributed by atoms with E-state index in [-0.39, 0.29) is 5.69 Å². The number of aromatic nitrogens is 3. The van der Waals surface area contributed by atoms with Gasteiger partial charge in [0, 0.05) is 17.2 Å². The third-order valence-electron chi connectivity index (χ3n) is 4.99. The quantitative estimate of drug-likeness (QED) is 0.300. The lowest BCUT2D eigenvalue weighted by Crippen LogP contribution is -2.01. The first kappa shape index (κ1) is 21.0. The van der Waals surface area contributed by atoms with Crippen molar-refractivity contribution in [1.29, 1.82) is 0 Å². The van der Waals surface area contributed by atoms with Crippen molar-refractivity contribution in [3.8, 4) is 34.0 Å². The molecule has 0 saturated heterocycles. The molecule has 8 heteroatoms. The Balaban J connectivity index is 1.59. The van der Waals surface area contributed by atoms with Crippen LogP contribution in [0.5, 0.6) is 11.5 Å². The number of aromatic carboxylic acids is 1. The second-order valence-electron chi connectivity index (χ2n) is 7.20. The van der Waals surface area contributed by atoms with Gasteiger partial charge in [-0.3, -0.25) is 0 Å². The first-order valence-corrected chi connectivity index (χ1v) is 10.7. The summed E-state index contributed by atoms with van der Waals surface area (Å²) in [7, 11) is 0. The summed E-state index contributed by atoms with van der Waals surface area (Å²) in [5, 5.41) is 14.4. The normalized spacial score (nSPS) is 11.0. The number of carboxylic acid groups (broad SMARTS) is 1. The highest BCUT2D eigenvalue weighted by molar-refractivity contribution is 6.42. The number of para-hydroxylation sites is 1. The van der Waals surface area contributed by atoms with Gasteiger partial charge in [-0.15, -0.1) is 0 Å². The Morgan fingerprint density at radius 3 is 2.21 bits per heavy atom. The highest BCUT2D eigenvalue weighted by Crippen LogP contribution is 2.32. The first-order chi connectivity index (χ1) is 16.0. The SMILES string of the molecule is O=C(O)c1cc2nc(-c3ccc(Oc4ccccc4)cc3)cc(-c3ccc(Cl)c(Cl)c3)n2n1. The molecule has 0 atom stereocenters. The van der Waals surface area contributed by atoms with Gasteiger partial charge < -0.3 is 9.84 Å². The maximum atomic E-state index is 11.5. The van der Waals surface area contributed by atoms with Gasteiger partial charge in [-0.2, -0.15) is 5.10 Å². The van der Waals surface area contributed by atoms with E-state index in [4.69, 9.17) is 27.9 Å². The Labute approximate surface area is 198 Å². The van der Waals surface area contributed by atoms with Gasteiger partial charge in [0.15, 0.2) is 11.3 Å². The molecule has 0 aliphatic rings. The van der Waals surface area contributed by atoms with Crippen molar-refractivity contribution >= 4 is 34.8 Å². The van der Waals surface area contributed by atoms with Crippen LogP contribution in [-0.4, -0.2) is 25.7 Å². The molecule has 1 N–H and O–H groups in total. The number of hydrogen-bond acceptors (Lipinski definition) is 4. The topological polar surface area (TPSA) is 76.7 Å². The monoisotopic (exact) mass is 475 g/mol. The van der Waals surface area contributed by atoms with E-state index in [1.807, 2.05) is 60.7 Å². The molecule has 33 heavy (non-hydrogen) atoms. The van der Waals surface area contributed by atoms with Crippen LogP contribution >= 0.6 is 23.2 Å². The van der Waals surface area contributed by atoms with Crippen LogP contribution in [-0.2, 0) is 0 Å². The van der Waals surface area contributed by atoms with Crippen LogP contribution in [0, 0.1) is 0 Å². The molecule has 5 rings (SSSR count). The van der Waals surface area contributed by atoms with Crippen molar-refractivity contribution in [1.82, 2.24) is 14.6 Å². The zero-order valence-electron chi connectivity index (χ0n) is 16.9. The Morgan fingerprint density at radius 2 is 1.52 bits per heavy atom. The Bertz CT molecular complexity index is 1480. The van der Waals surface area contributed by atoms with Crippen LogP contribution in [0.3, 0.4) is 0 Å². The van der Waals surface area contributed by atoms with Crippen LogP contribution in [0.15, 0.2) is 84.9 Å². The molecular weight excluding hydrogens is 461 g/mol. The molecule has 0 saturated carbocycles. The molecule has 0 amide bonds. The molecule has 2 heterocycles. The third-order valence-corrected chi connectivity index (χ3v) is 5.73. The molecular formula is C25H15Cl2N3O3. The predicted octanol–water partition coefficient (Wildman–Crippen LogP) is 6.86. The molecule has 0 aliphatic carbocycles. The van der Waals surface area contributed by atoms with Gasteiger partial charge in [0.2, 0.25) is 0 Å². The fraction of sp³-hybridized carbons (Fsp3) is 0. The maximum absolute atomic E-state index is 11.5. The maximum Gasteiger partial charge on any atom is 0.356 e. The fourth-order valence-electron chi connectivity index (χ4n) is 3.41. The summed E-state index contributed by atoms with van der Waals surface area (Å²) in [6.07, 6.45) is 0. The molecule has 5 aromatic rings. The number of carbonyl (C=O) groups is 1. The lowest BCUT2D eigenvalue weighted by atomic mass is 10.1. The van der Waals surface area contributed by atoms with Crippen molar-refractivity contribution < 1.29 is 14.6 Å². The minimum atomic E-state index is -1.13. The van der Waals surface area contributed by atoms with E-state index in [1.165, 1.54) is 10.6 Å². The number of fused-ring (bicyclic) bond motifs is 1. The smallest absolute Gasteiger partial charge is 0.356 e. The molecule has 0 spiro atoms. The van der Waals surface area contributed by atoms with Gasteiger partial charge in [-0.1, -0.05) is 47.5 Å². The largest absolute Gasteiger partial charge is 0.476 e. The van der Waals surface area contributed by atoms with Crippen LogP contribution in [0.4, 0.5) is 0 Å². The number of hydrogen-bond donors (Lipinski definition) is 1. The molecule has 162 valence electrons. The zero-order chi connectivity index (χ0) is 22.9. The van der Waals surface area contributed by atoms with E-state index in [1.54, 1.807) is 18.2 Å². The lowest BCUT2D eigenvalue weighted by molar-refractivity contribution is 0.0690. The fourth-order valence-corrected chi connectivity index (χ4v) is 3.70. The first-order valence-electron chi connectivity index (χ1n) is 9.91. The number of carboxylic acids is 1. The summed E-state index contributed by atoms with van der Waals surface area (Å²) in [6, 6.07) is 25.4. The second kappa shape index (κ2) is 8.58. The van der Waals surface area contributed by atoms with Crippen LogP contribution < -0.4 is 4.74 Å². The van der Waals surface area contributed by atoms with Gasteiger partial charge in [-0.05, 0) is 54.6 Å². The highest BCUT2D eigenvalue weighted by atomic mass is 35.5. The lowest BCUT2D eigenvalue weighted by Gasteiger charge is -2.10. The van der Waals surface area contributed by atoms with Crippen LogP contribution in [0.1, 0.15) is 10.5 Å². The Hall–Kier alpha value is -3.87. The standard InChI is InChI=1S/C25H15Cl2N3O3/c26-19-11-8-16(12-20(19)27)23-13-21(28-24-14-22(25(31)32)29-30(23)24)15-6-9-18(10-7-15)33-17-4-2-1-3-5-17/h1-14H,(H,31,32). The third kappa shape index (κ3) is 4.26. The molecule has 3 aromatic carbocycles. The molecule has 0 unspecified atom stereocenters. The molecule has 6 nitrogen and oxygen atoms in total. The number of benzene rings is 3. The van der Waals surface area contributed by atoms with E-state index in [2.05, 4.69) is 10.1 Å². The van der Waals surface area contributed by atoms with Gasteiger partial charge in [0.05, 0.1) is 21.4 Å². The molecule has 0 bridgehead atoms. The van der Waals surface area contributed by atoms with Crippen molar-refractivity contribution in [2.45, 2.75) is 0 Å². The summed E-state index contributed by atoms with van der Waals surface area (Å²) >= 11 is 12.3. The summed E-state index contributed by atoms with van der Waals surface area (Å²) < 4.78 is 7.35. The number of nitrogens with zero attached hydrogens (tertiary/aromatic N) is 3. The van der Waals surface area contributed by atoms with Gasteiger partial charge in [0.25, 0.3) is 0 Å². The van der Waals surface area contributed by atoms with Gasteiger partial charge >= 0.3 is 5.97 Å². The summed E-state index contributed by atoms with van der Waals surface area (Å²) in [5.74, 6) is 0.296. The number of halogens is 2. The van der Waals surface area contributed by atoms with Gasteiger partial charge in [-0.25, -0.2) is 14.3 Å². The average Bonchev–Trinajstić information content (AvgIpc) is 3.26. The van der Waals surface area contributed by atoms with E-state index in [0.717, 1.165) is 16.9 Å². The molecule has 0 radical (unpaired) electrons. The van der Waals surface area contributed by atoms with Crippen molar-refractivity contribution in [3.05, 3.63) is 101 Å². The minimum absolute atomic E-state index is 0.104.